The first kappa shape index (κ1) is 68.8. The number of ether oxygens (including phenoxy) is 3. The molecule has 6 nitrogen and oxygen atoms in total. The zero-order valence-electron chi connectivity index (χ0n) is 47.4. The Balaban J connectivity index is 4.38. The lowest BCUT2D eigenvalue weighted by Crippen LogP contribution is -2.30. The van der Waals surface area contributed by atoms with Crippen LogP contribution in [0.3, 0.4) is 0 Å². The average Bonchev–Trinajstić information content (AvgIpc) is 3.39. The van der Waals surface area contributed by atoms with Crippen molar-refractivity contribution < 1.29 is 28.6 Å². The molecule has 0 aliphatic heterocycles. The van der Waals surface area contributed by atoms with Crippen molar-refractivity contribution in [2.75, 3.05) is 13.2 Å². The molecule has 0 rings (SSSR count). The molecule has 0 radical (unpaired) electrons. The summed E-state index contributed by atoms with van der Waals surface area (Å²) in [5.74, 6) is -0.940. The SMILES string of the molecule is CC/C=C\C/C=C\C/C=C\C/C=C\C/C=C\CCCCCCCCCCCC(=O)OCC(COC(=O)CCCCC/C=C\C/C=C\C/C=C\CC)OC(=O)CCCCCCCCC/C=C\C/C=C\CCCCC. The van der Waals surface area contributed by atoms with E-state index >= 15 is 0 Å². The molecule has 0 aliphatic carbocycles. The van der Waals surface area contributed by atoms with E-state index in [-0.39, 0.29) is 31.1 Å². The van der Waals surface area contributed by atoms with E-state index in [1.807, 2.05) is 0 Å². The fourth-order valence-electron chi connectivity index (χ4n) is 7.98. The highest BCUT2D eigenvalue weighted by Crippen LogP contribution is 2.15. The quantitative estimate of drug-likeness (QED) is 0.0261. The van der Waals surface area contributed by atoms with Crippen LogP contribution in [0.1, 0.15) is 265 Å². The Morgan fingerprint density at radius 3 is 0.849 bits per heavy atom. The van der Waals surface area contributed by atoms with Gasteiger partial charge in [-0.05, 0) is 128 Å². The fourth-order valence-corrected chi connectivity index (χ4v) is 7.98. The summed E-state index contributed by atoms with van der Waals surface area (Å²) in [6, 6.07) is 0. The van der Waals surface area contributed by atoms with Gasteiger partial charge in [-0.15, -0.1) is 0 Å². The summed E-state index contributed by atoms with van der Waals surface area (Å²) in [4.78, 5) is 38.2. The molecule has 0 bridgehead atoms. The molecule has 414 valence electrons. The molecule has 0 fully saturated rings. The summed E-state index contributed by atoms with van der Waals surface area (Å²) in [6.07, 6.45) is 83.4. The third-order valence-corrected chi connectivity index (χ3v) is 12.4. The van der Waals surface area contributed by atoms with E-state index < -0.39 is 6.10 Å². The first-order valence-electron chi connectivity index (χ1n) is 30.0. The Bertz CT molecular complexity index is 1540. The topological polar surface area (TPSA) is 78.9 Å². The molecule has 73 heavy (non-hydrogen) atoms. The van der Waals surface area contributed by atoms with Crippen molar-refractivity contribution in [1.29, 1.82) is 0 Å². The molecule has 0 aromatic rings. The molecule has 0 N–H and O–H groups in total. The zero-order valence-corrected chi connectivity index (χ0v) is 47.4. The summed E-state index contributed by atoms with van der Waals surface area (Å²) in [5.41, 5.74) is 0. The summed E-state index contributed by atoms with van der Waals surface area (Å²) in [6.45, 7) is 6.35. The highest BCUT2D eigenvalue weighted by Gasteiger charge is 2.19. The summed E-state index contributed by atoms with van der Waals surface area (Å²) in [5, 5.41) is 0. The van der Waals surface area contributed by atoms with Gasteiger partial charge >= 0.3 is 17.9 Å². The second-order valence-electron chi connectivity index (χ2n) is 19.5. The van der Waals surface area contributed by atoms with Crippen molar-refractivity contribution in [1.82, 2.24) is 0 Å². The summed E-state index contributed by atoms with van der Waals surface area (Å²) >= 11 is 0. The normalized spacial score (nSPS) is 13.0. The molecule has 0 aliphatic rings. The highest BCUT2D eigenvalue weighted by molar-refractivity contribution is 5.71. The van der Waals surface area contributed by atoms with E-state index in [1.165, 1.54) is 89.9 Å². The fraction of sp³-hybridized carbons (Fsp3) is 0.657. The molecular formula is C67H110O6. The number of carbonyl (C=O) groups is 3. The van der Waals surface area contributed by atoms with Crippen molar-refractivity contribution in [3.05, 3.63) is 122 Å². The molecular weight excluding hydrogens is 901 g/mol. The van der Waals surface area contributed by atoms with Gasteiger partial charge in [0.2, 0.25) is 0 Å². The van der Waals surface area contributed by atoms with Gasteiger partial charge in [-0.1, -0.05) is 239 Å². The minimum absolute atomic E-state index is 0.0964. The van der Waals surface area contributed by atoms with Crippen LogP contribution in [0.2, 0.25) is 0 Å². The number of esters is 3. The smallest absolute Gasteiger partial charge is 0.306 e. The van der Waals surface area contributed by atoms with Gasteiger partial charge < -0.3 is 14.2 Å². The molecule has 0 saturated heterocycles. The molecule has 0 spiro atoms. The van der Waals surface area contributed by atoms with E-state index in [4.69, 9.17) is 14.2 Å². The van der Waals surface area contributed by atoms with Crippen LogP contribution in [0.15, 0.2) is 122 Å². The van der Waals surface area contributed by atoms with Crippen molar-refractivity contribution in [3.8, 4) is 0 Å². The molecule has 1 atom stereocenters. The number of allylic oxidation sites excluding steroid dienone is 20. The molecule has 1 unspecified atom stereocenters. The number of hydrogen-bond acceptors (Lipinski definition) is 6. The van der Waals surface area contributed by atoms with Crippen LogP contribution in [0.5, 0.6) is 0 Å². The Morgan fingerprint density at radius 1 is 0.288 bits per heavy atom. The van der Waals surface area contributed by atoms with Crippen molar-refractivity contribution in [2.45, 2.75) is 271 Å². The minimum atomic E-state index is -0.801. The van der Waals surface area contributed by atoms with Gasteiger partial charge in [0.15, 0.2) is 6.10 Å². The van der Waals surface area contributed by atoms with Gasteiger partial charge in [0.05, 0.1) is 0 Å². The van der Waals surface area contributed by atoms with Crippen molar-refractivity contribution >= 4 is 17.9 Å². The van der Waals surface area contributed by atoms with E-state index in [0.29, 0.717) is 19.3 Å². The van der Waals surface area contributed by atoms with Crippen LogP contribution in [-0.2, 0) is 28.6 Å². The van der Waals surface area contributed by atoms with Gasteiger partial charge in [-0.3, -0.25) is 14.4 Å². The monoisotopic (exact) mass is 1010 g/mol. The second-order valence-corrected chi connectivity index (χ2v) is 19.5. The zero-order chi connectivity index (χ0) is 52.9. The van der Waals surface area contributed by atoms with Crippen LogP contribution in [0.4, 0.5) is 0 Å². The lowest BCUT2D eigenvalue weighted by Gasteiger charge is -2.18. The minimum Gasteiger partial charge on any atom is -0.462 e. The summed E-state index contributed by atoms with van der Waals surface area (Å²) in [7, 11) is 0. The predicted molar refractivity (Wildman–Crippen MR) is 316 cm³/mol. The Labute approximate surface area is 450 Å². The number of unbranched alkanes of at least 4 members (excludes halogenated alkanes) is 22. The maximum absolute atomic E-state index is 12.9. The lowest BCUT2D eigenvalue weighted by atomic mass is 10.1. The number of carbonyl (C=O) groups excluding carboxylic acids is 3. The first-order valence-corrected chi connectivity index (χ1v) is 30.0. The molecule has 0 heterocycles. The third kappa shape index (κ3) is 58.6. The van der Waals surface area contributed by atoms with Crippen LogP contribution >= 0.6 is 0 Å². The highest BCUT2D eigenvalue weighted by atomic mass is 16.6. The Kier molecular flexibility index (Phi) is 56.9. The molecule has 0 aromatic carbocycles. The maximum Gasteiger partial charge on any atom is 0.306 e. The maximum atomic E-state index is 12.9. The van der Waals surface area contributed by atoms with E-state index in [1.54, 1.807) is 0 Å². The average molecular weight is 1010 g/mol. The molecule has 0 amide bonds. The predicted octanol–water partition coefficient (Wildman–Crippen LogP) is 20.4. The second kappa shape index (κ2) is 60.4. The van der Waals surface area contributed by atoms with Crippen LogP contribution in [0.25, 0.3) is 0 Å². The third-order valence-electron chi connectivity index (χ3n) is 12.4. The number of hydrogen-bond donors (Lipinski definition) is 0. The first-order chi connectivity index (χ1) is 36.0. The van der Waals surface area contributed by atoms with Gasteiger partial charge in [0.1, 0.15) is 13.2 Å². The van der Waals surface area contributed by atoms with E-state index in [0.717, 1.165) is 135 Å². The van der Waals surface area contributed by atoms with E-state index in [9.17, 15) is 14.4 Å². The Hall–Kier alpha value is -4.19. The molecule has 6 heteroatoms. The van der Waals surface area contributed by atoms with Crippen molar-refractivity contribution in [3.63, 3.8) is 0 Å². The lowest BCUT2D eigenvalue weighted by molar-refractivity contribution is -0.167. The largest absolute Gasteiger partial charge is 0.462 e. The van der Waals surface area contributed by atoms with Crippen LogP contribution in [0, 0.1) is 0 Å². The Morgan fingerprint density at radius 2 is 0.534 bits per heavy atom. The molecule has 0 saturated carbocycles. The molecule has 0 aromatic heterocycles. The summed E-state index contributed by atoms with van der Waals surface area (Å²) < 4.78 is 16.9. The standard InChI is InChI=1S/C67H110O6/c1-4-7-10-13-16-19-22-25-27-29-30-31-32-33-34-35-36-38-39-42-45-48-51-54-57-60-66(69)72-63-64(62-71-65(68)59-56-53-50-47-44-41-24-21-18-15-12-9-6-3)73-67(70)61-58-55-52-49-46-43-40-37-28-26-23-20-17-14-11-8-5-2/h7,9-10,12,16-21,25-28,30-31,33-34,41,44,64H,4-6,8,11,13-15,22-24,29,32,35-40,42-43,45-63H2,1-3H3/b10-7-,12-9-,19-16-,20-17-,21-18-,27-25-,28-26-,31-30-,34-33-,44-41-. The van der Waals surface area contributed by atoms with Gasteiger partial charge in [0, 0.05) is 19.3 Å². The van der Waals surface area contributed by atoms with Gasteiger partial charge in [0.25, 0.3) is 0 Å². The van der Waals surface area contributed by atoms with Gasteiger partial charge in [-0.25, -0.2) is 0 Å². The van der Waals surface area contributed by atoms with E-state index in [2.05, 4.69) is 142 Å². The van der Waals surface area contributed by atoms with Gasteiger partial charge in [-0.2, -0.15) is 0 Å². The van der Waals surface area contributed by atoms with Crippen LogP contribution < -0.4 is 0 Å². The van der Waals surface area contributed by atoms with Crippen LogP contribution in [-0.4, -0.2) is 37.2 Å². The number of rotatable bonds is 53. The van der Waals surface area contributed by atoms with Crippen molar-refractivity contribution in [2.24, 2.45) is 0 Å².